The number of nitrogens with zero attached hydrogens (tertiary/aromatic N) is 1. The number of benzene rings is 2. The minimum atomic E-state index is 0.0885. The van der Waals surface area contributed by atoms with Crippen LogP contribution in [0, 0.1) is 0 Å². The van der Waals surface area contributed by atoms with Crippen LogP contribution < -0.4 is 0 Å². The molecule has 0 saturated heterocycles. The summed E-state index contributed by atoms with van der Waals surface area (Å²) in [5.41, 5.74) is 1.45. The number of aliphatic hydroxyl groups excluding tert-OH is 1. The van der Waals surface area contributed by atoms with Crippen molar-refractivity contribution in [3.05, 3.63) is 48.0 Å². The van der Waals surface area contributed by atoms with Crippen LogP contribution in [0.4, 0.5) is 0 Å². The maximum Gasteiger partial charge on any atom is 0.0558 e. The molecule has 0 radical (unpaired) electrons. The largest absolute Gasteiger partial charge is 0.395 e. The Balaban J connectivity index is 2.24. The Morgan fingerprint density at radius 2 is 1.80 bits per heavy atom. The summed E-state index contributed by atoms with van der Waals surface area (Å²) in [4.78, 5) is 2.27. The summed E-state index contributed by atoms with van der Waals surface area (Å²) < 4.78 is 0. The fourth-order valence-corrected chi connectivity index (χ4v) is 2.74. The van der Waals surface area contributed by atoms with Crippen LogP contribution in [-0.4, -0.2) is 35.7 Å². The van der Waals surface area contributed by atoms with Gasteiger partial charge in [0.1, 0.15) is 0 Å². The molecule has 2 aromatic rings. The van der Waals surface area contributed by atoms with Crippen molar-refractivity contribution in [3.8, 4) is 0 Å². The first-order chi connectivity index (χ1) is 9.59. The molecule has 0 spiro atoms. The average molecular weight is 271 g/mol. The van der Waals surface area contributed by atoms with Gasteiger partial charge in [0.2, 0.25) is 0 Å². The normalized spacial score (nSPS) is 14.7. The lowest BCUT2D eigenvalue weighted by Gasteiger charge is -2.38. The van der Waals surface area contributed by atoms with E-state index in [0.717, 1.165) is 19.4 Å². The number of fused-ring (bicyclic) bond motifs is 1. The molecule has 0 saturated carbocycles. The Morgan fingerprint density at radius 3 is 2.45 bits per heavy atom. The number of likely N-dealkylation sites (N-methyl/N-ethyl adjacent to an activating group) is 1. The van der Waals surface area contributed by atoms with Gasteiger partial charge in [-0.3, -0.25) is 4.90 Å². The third kappa shape index (κ3) is 3.20. The third-order valence-electron chi connectivity index (χ3n) is 4.52. The highest BCUT2D eigenvalue weighted by molar-refractivity contribution is 5.83. The summed E-state index contributed by atoms with van der Waals surface area (Å²) >= 11 is 0. The molecule has 1 atom stereocenters. The first kappa shape index (κ1) is 15.0. The molecular formula is C18H25NO. The predicted molar refractivity (Wildman–Crippen MR) is 86.1 cm³/mol. The van der Waals surface area contributed by atoms with Crippen LogP contribution >= 0.6 is 0 Å². The molecule has 0 heterocycles. The van der Waals surface area contributed by atoms with Crippen molar-refractivity contribution >= 4 is 10.8 Å². The number of hydrogen-bond acceptors (Lipinski definition) is 2. The van der Waals surface area contributed by atoms with Crippen molar-refractivity contribution in [2.45, 2.75) is 32.2 Å². The highest BCUT2D eigenvalue weighted by Gasteiger charge is 2.27. The summed E-state index contributed by atoms with van der Waals surface area (Å²) in [6.07, 6.45) is 2.07. The first-order valence-electron chi connectivity index (χ1n) is 7.39. The smallest absolute Gasteiger partial charge is 0.0558 e. The van der Waals surface area contributed by atoms with Crippen molar-refractivity contribution in [1.29, 1.82) is 0 Å². The Labute approximate surface area is 122 Å². The molecule has 20 heavy (non-hydrogen) atoms. The molecule has 0 aliphatic heterocycles. The molecule has 0 fully saturated rings. The molecule has 0 bridgehead atoms. The van der Waals surface area contributed by atoms with E-state index in [0.29, 0.717) is 0 Å². The van der Waals surface area contributed by atoms with Crippen LogP contribution in [0.3, 0.4) is 0 Å². The molecule has 0 aliphatic rings. The molecular weight excluding hydrogens is 246 g/mol. The van der Waals surface area contributed by atoms with Gasteiger partial charge in [0, 0.05) is 12.1 Å². The SMILES string of the molecule is CCC(C)(Cc1ccc2ccccc2c1)N(C)CCO. The minimum absolute atomic E-state index is 0.0885. The zero-order valence-corrected chi connectivity index (χ0v) is 12.8. The maximum absolute atomic E-state index is 9.16. The van der Waals surface area contributed by atoms with E-state index in [9.17, 15) is 0 Å². The van der Waals surface area contributed by atoms with E-state index in [1.807, 2.05) is 0 Å². The number of hydrogen-bond donors (Lipinski definition) is 1. The van der Waals surface area contributed by atoms with Crippen molar-refractivity contribution in [3.63, 3.8) is 0 Å². The van der Waals surface area contributed by atoms with Crippen LogP contribution in [0.15, 0.2) is 42.5 Å². The zero-order valence-electron chi connectivity index (χ0n) is 12.8. The lowest BCUT2D eigenvalue weighted by Crippen LogP contribution is -2.46. The van der Waals surface area contributed by atoms with Crippen LogP contribution in [0.25, 0.3) is 10.8 Å². The van der Waals surface area contributed by atoms with Crippen molar-refractivity contribution in [2.24, 2.45) is 0 Å². The molecule has 1 unspecified atom stereocenters. The second-order valence-electron chi connectivity index (χ2n) is 5.85. The molecule has 108 valence electrons. The summed E-state index contributed by atoms with van der Waals surface area (Å²) in [5, 5.41) is 11.8. The average Bonchev–Trinajstić information content (AvgIpc) is 2.47. The molecule has 2 nitrogen and oxygen atoms in total. The maximum atomic E-state index is 9.16. The Bertz CT molecular complexity index is 566. The molecule has 0 aromatic heterocycles. The number of rotatable bonds is 6. The fraction of sp³-hybridized carbons (Fsp3) is 0.444. The molecule has 2 heteroatoms. The lowest BCUT2D eigenvalue weighted by atomic mass is 9.88. The minimum Gasteiger partial charge on any atom is -0.395 e. The molecule has 1 N–H and O–H groups in total. The highest BCUT2D eigenvalue weighted by atomic mass is 16.3. The zero-order chi connectivity index (χ0) is 14.6. The van der Waals surface area contributed by atoms with Crippen LogP contribution in [0.5, 0.6) is 0 Å². The van der Waals surface area contributed by atoms with E-state index in [1.54, 1.807) is 0 Å². The van der Waals surface area contributed by atoms with Gasteiger partial charge in [-0.2, -0.15) is 0 Å². The lowest BCUT2D eigenvalue weighted by molar-refractivity contribution is 0.104. The summed E-state index contributed by atoms with van der Waals surface area (Å²) in [6, 6.07) is 15.2. The monoisotopic (exact) mass is 271 g/mol. The second kappa shape index (κ2) is 6.38. The van der Waals surface area contributed by atoms with Crippen LogP contribution in [0.2, 0.25) is 0 Å². The standard InChI is InChI=1S/C18H25NO/c1-4-18(2,19(3)11-12-20)14-15-9-10-16-7-5-6-8-17(16)13-15/h5-10,13,20H,4,11-12,14H2,1-3H3. The summed E-state index contributed by atoms with van der Waals surface area (Å²) in [5.74, 6) is 0. The predicted octanol–water partition coefficient (Wildman–Crippen LogP) is 3.48. The first-order valence-corrected chi connectivity index (χ1v) is 7.39. The topological polar surface area (TPSA) is 23.5 Å². The third-order valence-corrected chi connectivity index (χ3v) is 4.52. The Hall–Kier alpha value is -1.38. The van der Waals surface area contributed by atoms with Gasteiger partial charge in [0.15, 0.2) is 0 Å². The van der Waals surface area contributed by atoms with E-state index < -0.39 is 0 Å². The molecule has 0 amide bonds. The van der Waals surface area contributed by atoms with Gasteiger partial charge in [0.05, 0.1) is 6.61 Å². The van der Waals surface area contributed by atoms with Gasteiger partial charge < -0.3 is 5.11 Å². The van der Waals surface area contributed by atoms with E-state index in [-0.39, 0.29) is 12.1 Å². The van der Waals surface area contributed by atoms with E-state index in [1.165, 1.54) is 16.3 Å². The van der Waals surface area contributed by atoms with Crippen molar-refractivity contribution < 1.29 is 5.11 Å². The Kier molecular flexibility index (Phi) is 4.79. The molecule has 2 rings (SSSR count). The molecule has 0 aliphatic carbocycles. The van der Waals surface area contributed by atoms with E-state index in [4.69, 9.17) is 5.11 Å². The Morgan fingerprint density at radius 1 is 1.10 bits per heavy atom. The van der Waals surface area contributed by atoms with Crippen LogP contribution in [-0.2, 0) is 6.42 Å². The van der Waals surface area contributed by atoms with Gasteiger partial charge in [-0.05, 0) is 43.1 Å². The van der Waals surface area contributed by atoms with Crippen LogP contribution in [0.1, 0.15) is 25.8 Å². The fourth-order valence-electron chi connectivity index (χ4n) is 2.74. The quantitative estimate of drug-likeness (QED) is 0.869. The highest BCUT2D eigenvalue weighted by Crippen LogP contribution is 2.25. The summed E-state index contributed by atoms with van der Waals surface area (Å²) in [7, 11) is 2.10. The molecule has 2 aromatic carbocycles. The van der Waals surface area contributed by atoms with Crippen molar-refractivity contribution in [1.82, 2.24) is 4.90 Å². The summed E-state index contributed by atoms with van der Waals surface area (Å²) in [6.45, 7) is 5.43. The van der Waals surface area contributed by atoms with Gasteiger partial charge >= 0.3 is 0 Å². The van der Waals surface area contributed by atoms with Crippen molar-refractivity contribution in [2.75, 3.05) is 20.2 Å². The van der Waals surface area contributed by atoms with Gasteiger partial charge in [-0.25, -0.2) is 0 Å². The van der Waals surface area contributed by atoms with Gasteiger partial charge in [0.25, 0.3) is 0 Å². The van der Waals surface area contributed by atoms with E-state index >= 15 is 0 Å². The van der Waals surface area contributed by atoms with Gasteiger partial charge in [-0.15, -0.1) is 0 Å². The number of β-amino-alcohol motifs (C(OH)–C–C–N with tert-alkyl or cyclic N) is 1. The number of aliphatic hydroxyl groups is 1. The van der Waals surface area contributed by atoms with E-state index in [2.05, 4.69) is 68.3 Å². The second-order valence-corrected chi connectivity index (χ2v) is 5.85. The van der Waals surface area contributed by atoms with Gasteiger partial charge in [-0.1, -0.05) is 49.4 Å².